The summed E-state index contributed by atoms with van der Waals surface area (Å²) in [6, 6.07) is 3.56. The number of aryl methyl sites for hydroxylation is 2. The molecular formula is C18H19ClFN2O8PS. The summed E-state index contributed by atoms with van der Waals surface area (Å²) in [7, 11) is -4.34. The van der Waals surface area contributed by atoms with Crippen LogP contribution in [-0.4, -0.2) is 44.4 Å². The molecule has 2 aliphatic heterocycles. The van der Waals surface area contributed by atoms with Gasteiger partial charge in [-0.15, -0.1) is 0 Å². The normalized spacial score (nSPS) is 34.6. The van der Waals surface area contributed by atoms with Gasteiger partial charge in [-0.05, 0) is 31.6 Å². The zero-order valence-corrected chi connectivity index (χ0v) is 19.2. The summed E-state index contributed by atoms with van der Waals surface area (Å²) in [4.78, 5) is 13.7. The maximum Gasteiger partial charge on any atom is 0.530 e. The Bertz CT molecular complexity index is 1290. The first-order valence-electron chi connectivity index (χ1n) is 9.74. The minimum absolute atomic E-state index is 0.131. The molecule has 0 amide bonds. The predicted octanol–water partition coefficient (Wildman–Crippen LogP) is 2.83. The van der Waals surface area contributed by atoms with E-state index >= 15 is 4.39 Å². The van der Waals surface area contributed by atoms with E-state index < -0.39 is 54.0 Å². The van der Waals surface area contributed by atoms with Crippen LogP contribution >= 0.6 is 31.6 Å². The lowest BCUT2D eigenvalue weighted by atomic mass is 10.1. The molecule has 1 fully saturated rings. The molecule has 1 saturated heterocycles. The van der Waals surface area contributed by atoms with Crippen LogP contribution in [0, 0.1) is 18.6 Å². The number of phosphoric ester groups is 1. The first kappa shape index (κ1) is 22.2. The third-order valence-electron chi connectivity index (χ3n) is 4.90. The Balaban J connectivity index is 1.58. The van der Waals surface area contributed by atoms with E-state index in [1.807, 2.05) is 6.92 Å². The van der Waals surface area contributed by atoms with Gasteiger partial charge in [-0.25, -0.2) is 8.96 Å². The zero-order valence-electron chi connectivity index (χ0n) is 17.7. The number of ether oxygens (including phenoxy) is 1. The fourth-order valence-corrected chi connectivity index (χ4v) is 5.06. The van der Waals surface area contributed by atoms with Crippen molar-refractivity contribution in [3.8, 4) is 5.75 Å². The average Bonchev–Trinajstić information content (AvgIpc) is 2.91. The summed E-state index contributed by atoms with van der Waals surface area (Å²) < 4.78 is 57.7. The van der Waals surface area contributed by atoms with Gasteiger partial charge in [-0.2, -0.15) is 0 Å². The van der Waals surface area contributed by atoms with Crippen molar-refractivity contribution in [1.82, 2.24) is 9.55 Å². The van der Waals surface area contributed by atoms with Crippen LogP contribution in [0.5, 0.6) is 5.75 Å². The van der Waals surface area contributed by atoms with Crippen molar-refractivity contribution in [3.05, 3.63) is 55.2 Å². The van der Waals surface area contributed by atoms with Crippen molar-refractivity contribution in [1.29, 1.82) is 0 Å². The minimum Gasteiger partial charge on any atom is -0.403 e. The molecule has 0 bridgehead atoms. The number of aliphatic hydroxyl groups is 2. The number of halogens is 2. The van der Waals surface area contributed by atoms with E-state index in [0.717, 1.165) is 11.8 Å². The smallest absolute Gasteiger partial charge is 0.403 e. The second kappa shape index (κ2) is 8.30. The Hall–Kier alpha value is -1.63. The maximum absolute atomic E-state index is 15.5. The molecule has 174 valence electrons. The number of hydrogen-bond acceptors (Lipinski definition) is 9. The van der Waals surface area contributed by atoms with Crippen LogP contribution in [0.2, 0.25) is 5.02 Å². The molecular weight excluding hydrogens is 490 g/mol. The standard InChI is InChI=1S/C18H19ClFN2O8PS/c1-8-3-9(2)13-10(4-8)6-27-31(26,30-13)28-7-18(20)14(24)12(23)16(29-18)22-5-11(19)15(25)21-17(22)32/h3-5,12,14,16,23-24H,6-7H2,1-2H3,(H,21,25,32)/t12-,14+,16-,18-,31?/m1/s1/i16D. The molecule has 0 radical (unpaired) electrons. The van der Waals surface area contributed by atoms with E-state index in [0.29, 0.717) is 15.7 Å². The molecule has 4 rings (SSSR count). The number of aliphatic hydroxyl groups excluding tert-OH is 2. The van der Waals surface area contributed by atoms with Gasteiger partial charge in [0, 0.05) is 11.8 Å². The van der Waals surface area contributed by atoms with Gasteiger partial charge in [0.25, 0.3) is 11.4 Å². The summed E-state index contributed by atoms with van der Waals surface area (Å²) >= 11 is 10.7. The highest BCUT2D eigenvalue weighted by Gasteiger charge is 2.57. The van der Waals surface area contributed by atoms with Crippen LogP contribution in [-0.2, 0) is 25.0 Å². The van der Waals surface area contributed by atoms with E-state index in [9.17, 15) is 19.6 Å². The average molecular weight is 510 g/mol. The summed E-state index contributed by atoms with van der Waals surface area (Å²) in [5, 5.41) is 20.3. The number of nitrogens with zero attached hydrogens (tertiary/aromatic N) is 1. The zero-order chi connectivity index (χ0) is 24.3. The van der Waals surface area contributed by atoms with Gasteiger partial charge in [0.1, 0.15) is 29.6 Å². The van der Waals surface area contributed by atoms with Gasteiger partial charge in [-0.1, -0.05) is 29.3 Å². The first-order valence-corrected chi connectivity index (χ1v) is 11.5. The van der Waals surface area contributed by atoms with E-state index in [-0.39, 0.29) is 12.4 Å². The number of H-pyrrole nitrogens is 1. The van der Waals surface area contributed by atoms with Crippen molar-refractivity contribution in [3.63, 3.8) is 0 Å². The number of aromatic amines is 1. The van der Waals surface area contributed by atoms with Gasteiger partial charge >= 0.3 is 7.82 Å². The number of benzene rings is 1. The lowest BCUT2D eigenvalue weighted by molar-refractivity contribution is -0.205. The molecule has 14 heteroatoms. The molecule has 0 spiro atoms. The van der Waals surface area contributed by atoms with Crippen LogP contribution in [0.25, 0.3) is 0 Å². The molecule has 10 nitrogen and oxygen atoms in total. The van der Waals surface area contributed by atoms with Gasteiger partial charge < -0.3 is 19.5 Å². The number of nitrogens with one attached hydrogen (secondary N) is 1. The second-order valence-electron chi connectivity index (χ2n) is 7.38. The van der Waals surface area contributed by atoms with Gasteiger partial charge in [0.05, 0.1) is 7.98 Å². The summed E-state index contributed by atoms with van der Waals surface area (Å²) in [6.07, 6.45) is -6.43. The van der Waals surface area contributed by atoms with Gasteiger partial charge in [0.15, 0.2) is 11.0 Å². The van der Waals surface area contributed by atoms with E-state index in [1.54, 1.807) is 19.1 Å². The predicted molar refractivity (Wildman–Crippen MR) is 112 cm³/mol. The molecule has 0 saturated carbocycles. The number of alkyl halides is 1. The Labute approximate surface area is 192 Å². The minimum atomic E-state index is -4.34. The molecule has 1 aromatic carbocycles. The Morgan fingerprint density at radius 2 is 2.22 bits per heavy atom. The fourth-order valence-electron chi connectivity index (χ4n) is 3.38. The second-order valence-corrected chi connectivity index (χ2v) is 9.77. The largest absolute Gasteiger partial charge is 0.530 e. The van der Waals surface area contributed by atoms with Crippen LogP contribution in [0.3, 0.4) is 0 Å². The lowest BCUT2D eigenvalue weighted by Gasteiger charge is -2.29. The molecule has 1 aromatic heterocycles. The van der Waals surface area contributed by atoms with Crippen molar-refractivity contribution >= 4 is 31.6 Å². The van der Waals surface area contributed by atoms with Gasteiger partial charge in [0.2, 0.25) is 0 Å². The van der Waals surface area contributed by atoms with Crippen molar-refractivity contribution < 1.29 is 38.8 Å². The molecule has 32 heavy (non-hydrogen) atoms. The van der Waals surface area contributed by atoms with Crippen molar-refractivity contribution in [2.24, 2.45) is 0 Å². The monoisotopic (exact) mass is 509 g/mol. The molecule has 0 aliphatic carbocycles. The quantitative estimate of drug-likeness (QED) is 0.420. The lowest BCUT2D eigenvalue weighted by Crippen LogP contribution is -2.43. The number of rotatable bonds is 4. The Kier molecular flexibility index (Phi) is 5.75. The van der Waals surface area contributed by atoms with E-state index in [2.05, 4.69) is 4.98 Å². The molecule has 5 atom stereocenters. The first-order chi connectivity index (χ1) is 15.3. The molecule has 3 N–H and O–H groups in total. The van der Waals surface area contributed by atoms with E-state index in [4.69, 9.17) is 43.5 Å². The van der Waals surface area contributed by atoms with Crippen molar-refractivity contribution in [2.45, 2.75) is 44.7 Å². The molecule has 3 heterocycles. The highest BCUT2D eigenvalue weighted by molar-refractivity contribution is 7.71. The highest BCUT2D eigenvalue weighted by atomic mass is 35.5. The van der Waals surface area contributed by atoms with Crippen LogP contribution < -0.4 is 10.1 Å². The number of hydrogen-bond donors (Lipinski definition) is 3. The van der Waals surface area contributed by atoms with Crippen LogP contribution in [0.15, 0.2) is 23.1 Å². The number of fused-ring (bicyclic) bond motifs is 1. The third-order valence-corrected chi connectivity index (χ3v) is 6.77. The SMILES string of the molecule is [2H][C@@]1(n2cc(Cl)c(=O)[nH]c2=S)O[C@](F)(COP2(=O)OCc3cc(C)cc(C)c3O2)[C@@H](O)[C@H]1O. The van der Waals surface area contributed by atoms with Crippen LogP contribution in [0.1, 0.15) is 24.3 Å². The van der Waals surface area contributed by atoms with Crippen LogP contribution in [0.4, 0.5) is 4.39 Å². The maximum atomic E-state index is 15.5. The summed E-state index contributed by atoms with van der Waals surface area (Å²) in [5.41, 5.74) is 1.44. The van der Waals surface area contributed by atoms with E-state index in [1.165, 1.54) is 0 Å². The highest BCUT2D eigenvalue weighted by Crippen LogP contribution is 2.56. The topological polar surface area (TPSA) is 132 Å². The Morgan fingerprint density at radius 3 is 2.94 bits per heavy atom. The fraction of sp³-hybridized carbons (Fsp3) is 0.444. The molecule has 2 aromatic rings. The Morgan fingerprint density at radius 1 is 1.50 bits per heavy atom. The summed E-state index contributed by atoms with van der Waals surface area (Å²) in [5.74, 6) is -2.97. The number of aromatic nitrogens is 2. The third kappa shape index (κ3) is 4.17. The molecule has 2 aliphatic rings. The van der Waals surface area contributed by atoms with Crippen molar-refractivity contribution in [2.75, 3.05) is 6.61 Å². The van der Waals surface area contributed by atoms with Gasteiger partial charge in [-0.3, -0.25) is 23.4 Å². The summed E-state index contributed by atoms with van der Waals surface area (Å²) in [6.45, 7) is 2.23. The number of phosphoric acid groups is 1. The molecule has 1 unspecified atom stereocenters.